The van der Waals surface area contributed by atoms with Crippen molar-refractivity contribution in [2.75, 3.05) is 6.54 Å². The van der Waals surface area contributed by atoms with E-state index in [2.05, 4.69) is 4.99 Å². The van der Waals surface area contributed by atoms with Gasteiger partial charge in [0.15, 0.2) is 0 Å². The standard InChI is InChI=1S/C10H19N3O2.2ClH/c1-8(11)13-7-5-3-4-6-10(2,12)9(14)15;;/h3-4H,5-7,12H2,1-2H3,(H2,11,13)(H,14,15);2*1H/b4-3+;;/t10-;;/m1../s1. The van der Waals surface area contributed by atoms with Gasteiger partial charge < -0.3 is 16.6 Å². The summed E-state index contributed by atoms with van der Waals surface area (Å²) in [6.07, 6.45) is 4.67. The first-order valence-corrected chi connectivity index (χ1v) is 4.80. The summed E-state index contributed by atoms with van der Waals surface area (Å²) < 4.78 is 0. The monoisotopic (exact) mass is 285 g/mol. The fraction of sp³-hybridized carbons (Fsp3) is 0.600. The van der Waals surface area contributed by atoms with E-state index in [1.807, 2.05) is 6.08 Å². The van der Waals surface area contributed by atoms with Crippen molar-refractivity contribution in [3.63, 3.8) is 0 Å². The van der Waals surface area contributed by atoms with Crippen LogP contribution < -0.4 is 11.5 Å². The van der Waals surface area contributed by atoms with Gasteiger partial charge in [-0.15, -0.1) is 24.8 Å². The maximum Gasteiger partial charge on any atom is 0.323 e. The first kappa shape index (κ1) is 21.5. The van der Waals surface area contributed by atoms with E-state index in [0.29, 0.717) is 18.8 Å². The van der Waals surface area contributed by atoms with E-state index in [1.54, 1.807) is 13.0 Å². The van der Waals surface area contributed by atoms with Gasteiger partial charge in [0.1, 0.15) is 5.54 Å². The van der Waals surface area contributed by atoms with Crippen LogP contribution in [0.15, 0.2) is 17.1 Å². The Hall–Kier alpha value is -0.780. The van der Waals surface area contributed by atoms with E-state index >= 15 is 0 Å². The van der Waals surface area contributed by atoms with Crippen LogP contribution in [0.3, 0.4) is 0 Å². The summed E-state index contributed by atoms with van der Waals surface area (Å²) in [7, 11) is 0. The normalized spacial score (nSPS) is 14.6. The number of rotatable bonds is 6. The largest absolute Gasteiger partial charge is 0.480 e. The minimum Gasteiger partial charge on any atom is -0.480 e. The van der Waals surface area contributed by atoms with Gasteiger partial charge in [0, 0.05) is 6.54 Å². The summed E-state index contributed by atoms with van der Waals surface area (Å²) >= 11 is 0. The van der Waals surface area contributed by atoms with E-state index in [-0.39, 0.29) is 24.8 Å². The summed E-state index contributed by atoms with van der Waals surface area (Å²) in [6, 6.07) is 0. The third-order valence-electron chi connectivity index (χ3n) is 1.85. The van der Waals surface area contributed by atoms with Crippen molar-refractivity contribution in [2.24, 2.45) is 16.5 Å². The molecule has 0 aliphatic heterocycles. The Kier molecular flexibility index (Phi) is 13.1. The van der Waals surface area contributed by atoms with Crippen LogP contribution in [-0.2, 0) is 4.79 Å². The Morgan fingerprint density at radius 1 is 1.41 bits per heavy atom. The molecule has 0 spiro atoms. The van der Waals surface area contributed by atoms with Crippen molar-refractivity contribution >= 4 is 36.6 Å². The number of hydrogen-bond acceptors (Lipinski definition) is 3. The van der Waals surface area contributed by atoms with Gasteiger partial charge in [-0.25, -0.2) is 0 Å². The smallest absolute Gasteiger partial charge is 0.323 e. The molecule has 17 heavy (non-hydrogen) atoms. The highest BCUT2D eigenvalue weighted by atomic mass is 35.5. The number of aliphatic carboxylic acids is 1. The first-order chi connectivity index (χ1) is 6.86. The lowest BCUT2D eigenvalue weighted by atomic mass is 9.99. The average molecular weight is 286 g/mol. The molecule has 0 saturated carbocycles. The molecule has 0 rings (SSSR count). The van der Waals surface area contributed by atoms with Gasteiger partial charge >= 0.3 is 5.97 Å². The predicted molar refractivity (Wildman–Crippen MR) is 75.3 cm³/mol. The summed E-state index contributed by atoms with van der Waals surface area (Å²) in [5.74, 6) is -0.444. The number of carboxylic acid groups (broad SMARTS) is 1. The van der Waals surface area contributed by atoms with E-state index in [0.717, 1.165) is 6.42 Å². The van der Waals surface area contributed by atoms with Gasteiger partial charge in [0.2, 0.25) is 0 Å². The molecule has 5 nitrogen and oxygen atoms in total. The fourth-order valence-electron chi connectivity index (χ4n) is 0.849. The highest BCUT2D eigenvalue weighted by molar-refractivity contribution is 5.85. The highest BCUT2D eigenvalue weighted by Gasteiger charge is 2.25. The molecular formula is C10H21Cl2N3O2. The minimum absolute atomic E-state index is 0. The number of hydrogen-bond donors (Lipinski definition) is 3. The summed E-state index contributed by atoms with van der Waals surface area (Å²) in [5.41, 5.74) is 9.68. The zero-order chi connectivity index (χ0) is 11.9. The first-order valence-electron chi connectivity index (χ1n) is 4.80. The maximum absolute atomic E-state index is 10.6. The van der Waals surface area contributed by atoms with E-state index in [4.69, 9.17) is 16.6 Å². The lowest BCUT2D eigenvalue weighted by Crippen LogP contribution is -2.44. The van der Waals surface area contributed by atoms with Gasteiger partial charge in [-0.05, 0) is 26.7 Å². The fourth-order valence-corrected chi connectivity index (χ4v) is 0.849. The molecule has 0 aliphatic rings. The Morgan fingerprint density at radius 3 is 2.35 bits per heavy atom. The van der Waals surface area contributed by atoms with Crippen molar-refractivity contribution in [1.82, 2.24) is 0 Å². The van der Waals surface area contributed by atoms with E-state index < -0.39 is 11.5 Å². The van der Waals surface area contributed by atoms with Gasteiger partial charge in [-0.1, -0.05) is 12.2 Å². The molecule has 0 bridgehead atoms. The Balaban J connectivity index is -0.000000980. The molecule has 0 heterocycles. The Bertz CT molecular complexity index is 275. The number of nitrogens with two attached hydrogens (primary N) is 2. The molecule has 0 saturated heterocycles. The molecule has 0 radical (unpaired) electrons. The molecule has 5 N–H and O–H groups in total. The highest BCUT2D eigenvalue weighted by Crippen LogP contribution is 2.06. The number of carboxylic acids is 1. The van der Waals surface area contributed by atoms with Crippen LogP contribution in [0.2, 0.25) is 0 Å². The average Bonchev–Trinajstić information content (AvgIpc) is 2.10. The van der Waals surface area contributed by atoms with Crippen LogP contribution in [-0.4, -0.2) is 29.0 Å². The Morgan fingerprint density at radius 2 is 1.94 bits per heavy atom. The second-order valence-electron chi connectivity index (χ2n) is 3.71. The molecule has 0 aliphatic carbocycles. The minimum atomic E-state index is -1.19. The summed E-state index contributed by atoms with van der Waals surface area (Å²) in [6.45, 7) is 3.83. The van der Waals surface area contributed by atoms with Crippen LogP contribution in [0.4, 0.5) is 0 Å². The van der Waals surface area contributed by atoms with Crippen LogP contribution in [0.1, 0.15) is 26.7 Å². The van der Waals surface area contributed by atoms with Gasteiger partial charge in [-0.3, -0.25) is 9.79 Å². The second kappa shape index (κ2) is 10.4. The van der Waals surface area contributed by atoms with Crippen molar-refractivity contribution in [1.29, 1.82) is 0 Å². The quantitative estimate of drug-likeness (QED) is 0.297. The zero-order valence-corrected chi connectivity index (χ0v) is 11.7. The Labute approximate surface area is 114 Å². The molecular weight excluding hydrogens is 265 g/mol. The molecule has 0 fully saturated rings. The second-order valence-corrected chi connectivity index (χ2v) is 3.71. The number of nitrogens with zero attached hydrogens (tertiary/aromatic N) is 1. The zero-order valence-electron chi connectivity index (χ0n) is 10.0. The van der Waals surface area contributed by atoms with Crippen LogP contribution in [0.5, 0.6) is 0 Å². The molecule has 0 amide bonds. The predicted octanol–water partition coefficient (Wildman–Crippen LogP) is 1.35. The number of aliphatic imine (C=N–C) groups is 1. The van der Waals surface area contributed by atoms with E-state index in [9.17, 15) is 4.79 Å². The lowest BCUT2D eigenvalue weighted by Gasteiger charge is -2.15. The summed E-state index contributed by atoms with van der Waals surface area (Å²) in [4.78, 5) is 14.6. The topological polar surface area (TPSA) is 102 Å². The lowest BCUT2D eigenvalue weighted by molar-refractivity contribution is -0.142. The van der Waals surface area contributed by atoms with Crippen LogP contribution >= 0.6 is 24.8 Å². The molecule has 0 aromatic heterocycles. The maximum atomic E-state index is 10.6. The molecule has 1 atom stereocenters. The molecule has 102 valence electrons. The molecule has 0 aromatic carbocycles. The SMILES string of the molecule is CC(N)=NCC/C=C/C[C@@](C)(N)C(=O)O.Cl.Cl. The van der Waals surface area contributed by atoms with Crippen molar-refractivity contribution in [3.05, 3.63) is 12.2 Å². The number of carbonyl (C=O) groups is 1. The third-order valence-corrected chi connectivity index (χ3v) is 1.85. The van der Waals surface area contributed by atoms with Crippen molar-refractivity contribution in [3.8, 4) is 0 Å². The molecule has 0 aromatic rings. The van der Waals surface area contributed by atoms with Crippen LogP contribution in [0.25, 0.3) is 0 Å². The van der Waals surface area contributed by atoms with E-state index in [1.165, 1.54) is 6.92 Å². The van der Waals surface area contributed by atoms with Crippen LogP contribution in [0, 0.1) is 0 Å². The van der Waals surface area contributed by atoms with Gasteiger partial charge in [-0.2, -0.15) is 0 Å². The summed E-state index contributed by atoms with van der Waals surface area (Å²) in [5, 5.41) is 8.72. The number of amidine groups is 1. The molecule has 7 heteroatoms. The van der Waals surface area contributed by atoms with Crippen molar-refractivity contribution < 1.29 is 9.90 Å². The van der Waals surface area contributed by atoms with Crippen molar-refractivity contribution in [2.45, 2.75) is 32.2 Å². The number of halogens is 2. The van der Waals surface area contributed by atoms with Gasteiger partial charge in [0.05, 0.1) is 5.84 Å². The molecule has 0 unspecified atom stereocenters. The van der Waals surface area contributed by atoms with Gasteiger partial charge in [0.25, 0.3) is 0 Å². The third kappa shape index (κ3) is 11.5.